The van der Waals surface area contributed by atoms with Crippen LogP contribution in [0.1, 0.15) is 72.1 Å². The van der Waals surface area contributed by atoms with Crippen LogP contribution in [0.2, 0.25) is 0 Å². The monoisotopic (exact) mass is 375 g/mol. The van der Waals surface area contributed by atoms with Crippen LogP contribution in [0.4, 0.5) is 0 Å². The van der Waals surface area contributed by atoms with Gasteiger partial charge < -0.3 is 15.1 Å². The number of aliphatic carboxylic acids is 1. The van der Waals surface area contributed by atoms with Crippen molar-refractivity contribution in [2.24, 2.45) is 33.7 Å². The van der Waals surface area contributed by atoms with Crippen LogP contribution < -0.4 is 0 Å². The zero-order chi connectivity index (χ0) is 19.4. The average Bonchev–Trinajstić information content (AvgIpc) is 2.84. The molecule has 5 nitrogen and oxygen atoms in total. The molecule has 0 spiro atoms. The van der Waals surface area contributed by atoms with Crippen LogP contribution in [0.25, 0.3) is 0 Å². The molecule has 4 aliphatic rings. The zero-order valence-corrected chi connectivity index (χ0v) is 16.8. The molecule has 0 aromatic rings. The van der Waals surface area contributed by atoms with Crippen LogP contribution >= 0.6 is 0 Å². The molecular weight excluding hydrogens is 342 g/mol. The molecular formula is C22H33NO4. The van der Waals surface area contributed by atoms with E-state index in [1.807, 2.05) is 0 Å². The molecule has 3 fully saturated rings. The number of aliphatic hydroxyl groups is 1. The molecule has 4 rings (SSSR count). The second-order valence-electron chi connectivity index (χ2n) is 10.0. The largest absolute Gasteiger partial charge is 0.479 e. The summed E-state index contributed by atoms with van der Waals surface area (Å²) >= 11 is 0. The molecule has 150 valence electrons. The zero-order valence-electron chi connectivity index (χ0n) is 16.8. The highest BCUT2D eigenvalue weighted by Gasteiger charge is 2.62. The van der Waals surface area contributed by atoms with Crippen LogP contribution in [-0.4, -0.2) is 34.1 Å². The molecule has 2 N–H and O–H groups in total. The molecule has 3 saturated carbocycles. The standard InChI is InChI=1S/C22H33NO4/c1-20-9-6-15(23-27-13-19(24)25)12-14(20)4-5-16-17(20)7-10-21(2)18(16)8-11-22(21,3)26/h12,16-18,26H,4-11,13H2,1-3H3,(H,24,25)/t16-,17+,18+,20+,21+,22?/m1/s1. The van der Waals surface area contributed by atoms with Crippen LogP contribution in [0.3, 0.4) is 0 Å². The number of rotatable bonds is 3. The summed E-state index contributed by atoms with van der Waals surface area (Å²) in [5.74, 6) is 1.04. The lowest BCUT2D eigenvalue weighted by Gasteiger charge is -2.59. The summed E-state index contributed by atoms with van der Waals surface area (Å²) in [4.78, 5) is 15.6. The van der Waals surface area contributed by atoms with Crippen molar-refractivity contribution in [1.82, 2.24) is 0 Å². The topological polar surface area (TPSA) is 79.1 Å². The Morgan fingerprint density at radius 1 is 1.15 bits per heavy atom. The van der Waals surface area contributed by atoms with E-state index in [2.05, 4.69) is 32.0 Å². The molecule has 0 heterocycles. The molecule has 6 atom stereocenters. The summed E-state index contributed by atoms with van der Waals surface area (Å²) < 4.78 is 0. The van der Waals surface area contributed by atoms with Crippen LogP contribution in [0, 0.1) is 28.6 Å². The van der Waals surface area contributed by atoms with Gasteiger partial charge >= 0.3 is 5.97 Å². The van der Waals surface area contributed by atoms with Crippen molar-refractivity contribution >= 4 is 11.7 Å². The Morgan fingerprint density at radius 3 is 2.63 bits per heavy atom. The van der Waals surface area contributed by atoms with E-state index in [0.717, 1.165) is 44.2 Å². The summed E-state index contributed by atoms with van der Waals surface area (Å²) in [6.07, 6.45) is 10.8. The lowest BCUT2D eigenvalue weighted by molar-refractivity contribution is -0.142. The first kappa shape index (κ1) is 19.0. The molecule has 1 unspecified atom stereocenters. The number of oxime groups is 1. The van der Waals surface area contributed by atoms with Gasteiger partial charge in [0, 0.05) is 0 Å². The lowest BCUT2D eigenvalue weighted by Crippen LogP contribution is -2.53. The molecule has 4 aliphatic carbocycles. The van der Waals surface area contributed by atoms with E-state index in [1.54, 1.807) is 0 Å². The van der Waals surface area contributed by atoms with Gasteiger partial charge in [0.05, 0.1) is 11.3 Å². The number of hydrogen-bond donors (Lipinski definition) is 2. The maximum absolute atomic E-state index is 11.0. The molecule has 0 radical (unpaired) electrons. The molecule has 27 heavy (non-hydrogen) atoms. The number of carbonyl (C=O) groups is 1. The number of hydrogen-bond acceptors (Lipinski definition) is 4. The van der Waals surface area contributed by atoms with Crippen LogP contribution in [0.15, 0.2) is 16.8 Å². The minimum absolute atomic E-state index is 0.0672. The van der Waals surface area contributed by atoms with E-state index in [0.29, 0.717) is 17.8 Å². The number of nitrogens with zero attached hydrogens (tertiary/aromatic N) is 1. The van der Waals surface area contributed by atoms with Crippen LogP contribution in [0.5, 0.6) is 0 Å². The summed E-state index contributed by atoms with van der Waals surface area (Å²) in [6, 6.07) is 0. The Labute approximate surface area is 161 Å². The molecule has 0 aromatic carbocycles. The smallest absolute Gasteiger partial charge is 0.344 e. The fraction of sp³-hybridized carbons (Fsp3) is 0.818. The fourth-order valence-corrected chi connectivity index (χ4v) is 7.06. The van der Waals surface area contributed by atoms with Crippen molar-refractivity contribution < 1.29 is 19.8 Å². The Bertz CT molecular complexity index is 696. The third-order valence-corrected chi connectivity index (χ3v) is 8.91. The Morgan fingerprint density at radius 2 is 1.89 bits per heavy atom. The predicted molar refractivity (Wildman–Crippen MR) is 103 cm³/mol. The lowest BCUT2D eigenvalue weighted by atomic mass is 9.46. The minimum atomic E-state index is -0.995. The highest BCUT2D eigenvalue weighted by Crippen LogP contribution is 2.67. The van der Waals surface area contributed by atoms with Gasteiger partial charge in [-0.1, -0.05) is 24.6 Å². The van der Waals surface area contributed by atoms with Gasteiger partial charge in [0.15, 0.2) is 0 Å². The second kappa shape index (κ2) is 6.33. The third kappa shape index (κ3) is 2.84. The van der Waals surface area contributed by atoms with Gasteiger partial charge in [0.2, 0.25) is 6.61 Å². The molecule has 0 aromatic heterocycles. The first-order chi connectivity index (χ1) is 12.7. The number of fused-ring (bicyclic) bond motifs is 5. The quantitative estimate of drug-likeness (QED) is 0.726. The van der Waals surface area contributed by atoms with Gasteiger partial charge in [-0.3, -0.25) is 0 Å². The van der Waals surface area contributed by atoms with Crippen molar-refractivity contribution in [3.8, 4) is 0 Å². The van der Waals surface area contributed by atoms with E-state index in [9.17, 15) is 9.90 Å². The van der Waals surface area contributed by atoms with Crippen molar-refractivity contribution in [1.29, 1.82) is 0 Å². The SMILES string of the molecule is CC1(O)CC[C@H]2[C@@H]3CCC4=CC(=NOCC(=O)O)CC[C@]4(C)[C@H]3CC[C@@]21C. The van der Waals surface area contributed by atoms with E-state index in [-0.39, 0.29) is 17.4 Å². The Kier molecular flexibility index (Phi) is 4.45. The van der Waals surface area contributed by atoms with Gasteiger partial charge in [-0.05, 0) is 93.0 Å². The van der Waals surface area contributed by atoms with Crippen molar-refractivity contribution in [2.75, 3.05) is 6.61 Å². The maximum atomic E-state index is 11.0. The van der Waals surface area contributed by atoms with E-state index in [4.69, 9.17) is 9.94 Å². The minimum Gasteiger partial charge on any atom is -0.479 e. The first-order valence-corrected chi connectivity index (χ1v) is 10.5. The molecule has 0 aliphatic heterocycles. The fourth-order valence-electron chi connectivity index (χ4n) is 7.06. The van der Waals surface area contributed by atoms with Gasteiger partial charge in [0.1, 0.15) is 0 Å². The predicted octanol–water partition coefficient (Wildman–Crippen LogP) is 4.16. The summed E-state index contributed by atoms with van der Waals surface area (Å²) in [5.41, 5.74) is 2.11. The van der Waals surface area contributed by atoms with Crippen molar-refractivity contribution in [3.05, 3.63) is 11.6 Å². The van der Waals surface area contributed by atoms with Gasteiger partial charge in [-0.15, -0.1) is 0 Å². The number of allylic oxidation sites excluding steroid dienone is 2. The van der Waals surface area contributed by atoms with Crippen LogP contribution in [-0.2, 0) is 9.63 Å². The average molecular weight is 376 g/mol. The van der Waals surface area contributed by atoms with E-state index < -0.39 is 11.6 Å². The second-order valence-corrected chi connectivity index (χ2v) is 10.0. The van der Waals surface area contributed by atoms with Crippen molar-refractivity contribution in [3.63, 3.8) is 0 Å². The summed E-state index contributed by atoms with van der Waals surface area (Å²) in [5, 5.41) is 23.8. The normalized spacial score (nSPS) is 47.6. The molecule has 5 heteroatoms. The third-order valence-electron chi connectivity index (χ3n) is 8.91. The van der Waals surface area contributed by atoms with Gasteiger partial charge in [-0.25, -0.2) is 4.79 Å². The van der Waals surface area contributed by atoms with E-state index >= 15 is 0 Å². The van der Waals surface area contributed by atoms with Crippen molar-refractivity contribution in [2.45, 2.75) is 77.7 Å². The Balaban J connectivity index is 1.56. The highest BCUT2D eigenvalue weighted by molar-refractivity contribution is 5.96. The van der Waals surface area contributed by atoms with E-state index in [1.165, 1.54) is 18.4 Å². The molecule has 0 bridgehead atoms. The molecule has 0 saturated heterocycles. The summed E-state index contributed by atoms with van der Waals surface area (Å²) in [6.45, 7) is 6.44. The first-order valence-electron chi connectivity index (χ1n) is 10.5. The molecule has 0 amide bonds. The van der Waals surface area contributed by atoms with Gasteiger partial charge in [-0.2, -0.15) is 0 Å². The maximum Gasteiger partial charge on any atom is 0.344 e. The number of carboxylic acids is 1. The summed E-state index contributed by atoms with van der Waals surface area (Å²) in [7, 11) is 0. The Hall–Kier alpha value is -1.36. The number of carboxylic acid groups (broad SMARTS) is 1. The highest BCUT2D eigenvalue weighted by atomic mass is 16.6. The van der Waals surface area contributed by atoms with Gasteiger partial charge in [0.25, 0.3) is 0 Å².